The normalized spacial score (nSPS) is 21.8. The molecule has 0 spiro atoms. The fraction of sp³-hybridized carbons (Fsp3) is 0.571. The number of nitrogens with one attached hydrogen (secondary N) is 2. The topological polar surface area (TPSA) is 24.1 Å². The lowest BCUT2D eigenvalue weighted by atomic mass is 9.94. The molecule has 0 bridgehead atoms. The fourth-order valence-corrected chi connectivity index (χ4v) is 2.59. The second-order valence-corrected chi connectivity index (χ2v) is 4.89. The molecule has 1 fully saturated rings. The summed E-state index contributed by atoms with van der Waals surface area (Å²) >= 11 is 0. The van der Waals surface area contributed by atoms with Crippen molar-refractivity contribution in [3.63, 3.8) is 0 Å². The Balaban J connectivity index is 2.09. The van der Waals surface area contributed by atoms with E-state index in [4.69, 9.17) is 0 Å². The van der Waals surface area contributed by atoms with Gasteiger partial charge in [-0.05, 0) is 51.1 Å². The summed E-state index contributed by atoms with van der Waals surface area (Å²) in [6.45, 7) is 1.02. The van der Waals surface area contributed by atoms with Crippen molar-refractivity contribution in [1.82, 2.24) is 10.6 Å². The van der Waals surface area contributed by atoms with Crippen molar-refractivity contribution < 1.29 is 8.78 Å². The van der Waals surface area contributed by atoms with Crippen LogP contribution in [-0.2, 0) is 0 Å². The monoisotopic (exact) mass is 254 g/mol. The van der Waals surface area contributed by atoms with E-state index in [1.165, 1.54) is 25.0 Å². The van der Waals surface area contributed by atoms with Crippen LogP contribution in [0.4, 0.5) is 8.78 Å². The molecule has 1 aliphatic heterocycles. The van der Waals surface area contributed by atoms with Crippen molar-refractivity contribution in [2.24, 2.45) is 0 Å². The van der Waals surface area contributed by atoms with Gasteiger partial charge in [0.25, 0.3) is 0 Å². The van der Waals surface area contributed by atoms with Gasteiger partial charge < -0.3 is 10.6 Å². The van der Waals surface area contributed by atoms with E-state index in [1.54, 1.807) is 7.05 Å². The highest BCUT2D eigenvalue weighted by Gasteiger charge is 2.21. The van der Waals surface area contributed by atoms with E-state index in [0.717, 1.165) is 25.5 Å². The lowest BCUT2D eigenvalue weighted by Crippen LogP contribution is -2.37. The van der Waals surface area contributed by atoms with Gasteiger partial charge in [0.05, 0.1) is 0 Å². The number of hydrogen-bond donors (Lipinski definition) is 2. The van der Waals surface area contributed by atoms with Crippen LogP contribution in [0.5, 0.6) is 0 Å². The van der Waals surface area contributed by atoms with Crippen molar-refractivity contribution >= 4 is 0 Å². The molecule has 2 atom stereocenters. The highest BCUT2D eigenvalue weighted by molar-refractivity contribution is 5.22. The number of halogens is 2. The SMILES string of the molecule is CNC(CC1CCCCN1)c1cc(F)ccc1F. The van der Waals surface area contributed by atoms with Gasteiger partial charge in [-0.25, -0.2) is 8.78 Å². The molecule has 1 saturated heterocycles. The van der Waals surface area contributed by atoms with Gasteiger partial charge in [0, 0.05) is 17.6 Å². The molecule has 0 saturated carbocycles. The summed E-state index contributed by atoms with van der Waals surface area (Å²) in [5.74, 6) is -0.727. The molecule has 0 radical (unpaired) electrons. The summed E-state index contributed by atoms with van der Waals surface area (Å²) in [7, 11) is 1.79. The Morgan fingerprint density at radius 1 is 1.39 bits per heavy atom. The molecule has 1 aliphatic rings. The predicted octanol–water partition coefficient (Wildman–Crippen LogP) is 2.76. The van der Waals surface area contributed by atoms with Crippen molar-refractivity contribution in [3.05, 3.63) is 35.4 Å². The first-order valence-electron chi connectivity index (χ1n) is 6.56. The summed E-state index contributed by atoms with van der Waals surface area (Å²) in [5, 5.41) is 6.52. The first-order valence-corrected chi connectivity index (χ1v) is 6.56. The molecule has 2 unspecified atom stereocenters. The molecule has 100 valence electrons. The molecule has 0 aliphatic carbocycles. The molecule has 2 nitrogen and oxygen atoms in total. The van der Waals surface area contributed by atoms with E-state index < -0.39 is 0 Å². The zero-order chi connectivity index (χ0) is 13.0. The quantitative estimate of drug-likeness (QED) is 0.863. The van der Waals surface area contributed by atoms with Crippen molar-refractivity contribution in [1.29, 1.82) is 0 Å². The summed E-state index contributed by atoms with van der Waals surface area (Å²) in [5.41, 5.74) is 0.421. The molecule has 18 heavy (non-hydrogen) atoms. The van der Waals surface area contributed by atoms with Crippen molar-refractivity contribution in [3.8, 4) is 0 Å². The standard InChI is InChI=1S/C14H20F2N2/c1-17-14(9-11-4-2-3-7-18-11)12-8-10(15)5-6-13(12)16/h5-6,8,11,14,17-18H,2-4,7,9H2,1H3. The van der Waals surface area contributed by atoms with Crippen LogP contribution in [0.15, 0.2) is 18.2 Å². The van der Waals surface area contributed by atoms with Crippen LogP contribution >= 0.6 is 0 Å². The third-order valence-corrected chi connectivity index (χ3v) is 3.61. The maximum absolute atomic E-state index is 13.7. The third-order valence-electron chi connectivity index (χ3n) is 3.61. The van der Waals surface area contributed by atoms with Gasteiger partial charge in [0.2, 0.25) is 0 Å². The molecular weight excluding hydrogens is 234 g/mol. The van der Waals surface area contributed by atoms with Gasteiger partial charge in [0.15, 0.2) is 0 Å². The molecular formula is C14H20F2N2. The van der Waals surface area contributed by atoms with Gasteiger partial charge in [-0.3, -0.25) is 0 Å². The zero-order valence-corrected chi connectivity index (χ0v) is 10.7. The average molecular weight is 254 g/mol. The van der Waals surface area contributed by atoms with E-state index in [-0.39, 0.29) is 17.7 Å². The Bertz CT molecular complexity index is 389. The minimum atomic E-state index is -0.386. The summed E-state index contributed by atoms with van der Waals surface area (Å²) in [6.07, 6.45) is 4.31. The minimum Gasteiger partial charge on any atom is -0.314 e. The van der Waals surface area contributed by atoms with Crippen molar-refractivity contribution in [2.75, 3.05) is 13.6 Å². The maximum atomic E-state index is 13.7. The van der Waals surface area contributed by atoms with Crippen LogP contribution in [0.25, 0.3) is 0 Å². The van der Waals surface area contributed by atoms with Crippen LogP contribution in [0.1, 0.15) is 37.3 Å². The van der Waals surface area contributed by atoms with E-state index in [1.807, 2.05) is 0 Å². The van der Waals surface area contributed by atoms with Crippen LogP contribution < -0.4 is 10.6 Å². The van der Waals surface area contributed by atoms with Gasteiger partial charge in [-0.2, -0.15) is 0 Å². The highest BCUT2D eigenvalue weighted by Crippen LogP contribution is 2.24. The largest absolute Gasteiger partial charge is 0.314 e. The Hall–Kier alpha value is -1.00. The summed E-state index contributed by atoms with van der Waals surface area (Å²) in [4.78, 5) is 0. The number of hydrogen-bond acceptors (Lipinski definition) is 2. The number of rotatable bonds is 4. The minimum absolute atomic E-state index is 0.142. The maximum Gasteiger partial charge on any atom is 0.128 e. The zero-order valence-electron chi connectivity index (χ0n) is 10.7. The Morgan fingerprint density at radius 2 is 2.22 bits per heavy atom. The van der Waals surface area contributed by atoms with Gasteiger partial charge >= 0.3 is 0 Å². The number of benzene rings is 1. The van der Waals surface area contributed by atoms with Crippen molar-refractivity contribution in [2.45, 2.75) is 37.8 Å². The van der Waals surface area contributed by atoms with E-state index >= 15 is 0 Å². The van der Waals surface area contributed by atoms with Gasteiger partial charge in [0.1, 0.15) is 11.6 Å². The van der Waals surface area contributed by atoms with E-state index in [0.29, 0.717) is 11.6 Å². The van der Waals surface area contributed by atoms with Crippen LogP contribution in [-0.4, -0.2) is 19.6 Å². The Kier molecular flexibility index (Phi) is 4.66. The summed E-state index contributed by atoms with van der Waals surface area (Å²) < 4.78 is 26.9. The molecule has 2 N–H and O–H groups in total. The highest BCUT2D eigenvalue weighted by atomic mass is 19.1. The predicted molar refractivity (Wildman–Crippen MR) is 68.4 cm³/mol. The number of piperidine rings is 1. The van der Waals surface area contributed by atoms with Crippen LogP contribution in [0.2, 0.25) is 0 Å². The molecule has 2 rings (SSSR count). The second kappa shape index (κ2) is 6.25. The molecule has 4 heteroatoms. The van der Waals surface area contributed by atoms with Crippen LogP contribution in [0.3, 0.4) is 0 Å². The molecule has 0 amide bonds. The molecule has 1 aromatic rings. The van der Waals surface area contributed by atoms with Gasteiger partial charge in [-0.15, -0.1) is 0 Å². The second-order valence-electron chi connectivity index (χ2n) is 4.89. The van der Waals surface area contributed by atoms with Gasteiger partial charge in [-0.1, -0.05) is 6.42 Å². The van der Waals surface area contributed by atoms with Crippen LogP contribution in [0, 0.1) is 11.6 Å². The lowest BCUT2D eigenvalue weighted by molar-refractivity contribution is 0.342. The Morgan fingerprint density at radius 3 is 2.89 bits per heavy atom. The molecule has 1 heterocycles. The lowest BCUT2D eigenvalue weighted by Gasteiger charge is -2.28. The third kappa shape index (κ3) is 3.27. The first kappa shape index (κ1) is 13.4. The average Bonchev–Trinajstić information content (AvgIpc) is 2.40. The Labute approximate surface area is 107 Å². The smallest absolute Gasteiger partial charge is 0.128 e. The summed E-state index contributed by atoms with van der Waals surface area (Å²) in [6, 6.07) is 3.89. The molecule has 1 aromatic carbocycles. The molecule has 0 aromatic heterocycles. The van der Waals surface area contributed by atoms with E-state index in [2.05, 4.69) is 10.6 Å². The fourth-order valence-electron chi connectivity index (χ4n) is 2.59. The van der Waals surface area contributed by atoms with E-state index in [9.17, 15) is 8.78 Å². The first-order chi connectivity index (χ1) is 8.70.